The maximum absolute atomic E-state index is 13.2. The number of amides is 1. The minimum Gasteiger partial charge on any atom is -0.283 e. The molecule has 6 heteroatoms. The largest absolute Gasteiger partial charge is 0.283 e. The average molecular weight is 405 g/mol. The van der Waals surface area contributed by atoms with Gasteiger partial charge >= 0.3 is 0 Å². The van der Waals surface area contributed by atoms with Crippen molar-refractivity contribution in [1.82, 2.24) is 9.97 Å². The standard InChI is InChI=1S/C23H20FN3OS/c1-2-18-4-3-5-20-22(18)26-23(29-20)27(15-17-10-12-25-13-11-17)21(28)14-16-6-8-19(24)9-7-16/h3-13H,2,14-15H2,1H3. The summed E-state index contributed by atoms with van der Waals surface area (Å²) >= 11 is 1.51. The zero-order valence-corrected chi connectivity index (χ0v) is 16.8. The molecular weight excluding hydrogens is 385 g/mol. The van der Waals surface area contributed by atoms with E-state index < -0.39 is 0 Å². The van der Waals surface area contributed by atoms with Crippen molar-refractivity contribution < 1.29 is 9.18 Å². The second-order valence-electron chi connectivity index (χ2n) is 6.75. The fourth-order valence-corrected chi connectivity index (χ4v) is 4.23. The van der Waals surface area contributed by atoms with Gasteiger partial charge in [0.15, 0.2) is 5.13 Å². The molecule has 0 aliphatic rings. The van der Waals surface area contributed by atoms with Gasteiger partial charge in [-0.15, -0.1) is 0 Å². The van der Waals surface area contributed by atoms with Gasteiger partial charge in [0.25, 0.3) is 0 Å². The number of hydrogen-bond donors (Lipinski definition) is 0. The molecule has 4 nitrogen and oxygen atoms in total. The van der Waals surface area contributed by atoms with Crippen LogP contribution in [0.4, 0.5) is 9.52 Å². The van der Waals surface area contributed by atoms with Gasteiger partial charge in [0.05, 0.1) is 23.2 Å². The molecule has 29 heavy (non-hydrogen) atoms. The number of rotatable bonds is 6. The second kappa shape index (κ2) is 8.49. The number of fused-ring (bicyclic) bond motifs is 1. The maximum atomic E-state index is 13.2. The third kappa shape index (κ3) is 4.32. The summed E-state index contributed by atoms with van der Waals surface area (Å²) in [6.07, 6.45) is 4.49. The highest BCUT2D eigenvalue weighted by Crippen LogP contribution is 2.32. The maximum Gasteiger partial charge on any atom is 0.233 e. The molecule has 0 spiro atoms. The molecule has 0 radical (unpaired) electrons. The summed E-state index contributed by atoms with van der Waals surface area (Å²) < 4.78 is 14.3. The molecule has 0 unspecified atom stereocenters. The summed E-state index contributed by atoms with van der Waals surface area (Å²) in [5, 5.41) is 0.671. The average Bonchev–Trinajstić information content (AvgIpc) is 3.18. The Morgan fingerprint density at radius 2 is 1.79 bits per heavy atom. The number of para-hydroxylation sites is 1. The van der Waals surface area contributed by atoms with E-state index in [9.17, 15) is 9.18 Å². The molecule has 0 aliphatic carbocycles. The van der Waals surface area contributed by atoms with E-state index in [0.29, 0.717) is 11.7 Å². The van der Waals surface area contributed by atoms with Crippen LogP contribution in [0.15, 0.2) is 67.0 Å². The number of carbonyl (C=O) groups excluding carboxylic acids is 1. The van der Waals surface area contributed by atoms with Crippen LogP contribution in [-0.2, 0) is 24.2 Å². The lowest BCUT2D eigenvalue weighted by Crippen LogP contribution is -2.31. The van der Waals surface area contributed by atoms with Crippen LogP contribution in [-0.4, -0.2) is 15.9 Å². The summed E-state index contributed by atoms with van der Waals surface area (Å²) in [5.74, 6) is -0.390. The molecule has 1 amide bonds. The van der Waals surface area contributed by atoms with Crippen molar-refractivity contribution >= 4 is 32.6 Å². The van der Waals surface area contributed by atoms with Gasteiger partial charge < -0.3 is 0 Å². The first-order valence-electron chi connectivity index (χ1n) is 9.46. The van der Waals surface area contributed by atoms with Crippen molar-refractivity contribution in [2.45, 2.75) is 26.3 Å². The van der Waals surface area contributed by atoms with Gasteiger partial charge in [-0.25, -0.2) is 9.37 Å². The fraction of sp³-hybridized carbons (Fsp3) is 0.174. The first kappa shape index (κ1) is 19.2. The first-order valence-corrected chi connectivity index (χ1v) is 10.3. The summed E-state index contributed by atoms with van der Waals surface area (Å²) in [6, 6.07) is 15.9. The number of benzene rings is 2. The van der Waals surface area contributed by atoms with E-state index in [2.05, 4.69) is 18.0 Å². The highest BCUT2D eigenvalue weighted by molar-refractivity contribution is 7.22. The van der Waals surface area contributed by atoms with Gasteiger partial charge in [-0.2, -0.15) is 0 Å². The van der Waals surface area contributed by atoms with Crippen LogP contribution in [0, 0.1) is 5.82 Å². The number of hydrogen-bond acceptors (Lipinski definition) is 4. The second-order valence-corrected chi connectivity index (χ2v) is 7.76. The highest BCUT2D eigenvalue weighted by Gasteiger charge is 2.21. The van der Waals surface area contributed by atoms with Gasteiger partial charge in [-0.3, -0.25) is 14.7 Å². The predicted octanol–water partition coefficient (Wildman–Crippen LogP) is 5.17. The van der Waals surface area contributed by atoms with Crippen LogP contribution in [0.3, 0.4) is 0 Å². The minimum atomic E-state index is -0.312. The van der Waals surface area contributed by atoms with Crippen molar-refractivity contribution in [3.05, 3.63) is 89.5 Å². The Kier molecular flexibility index (Phi) is 5.62. The van der Waals surface area contributed by atoms with Crippen molar-refractivity contribution in [2.24, 2.45) is 0 Å². The third-order valence-corrected chi connectivity index (χ3v) is 5.81. The molecule has 0 N–H and O–H groups in total. The van der Waals surface area contributed by atoms with Crippen molar-refractivity contribution in [3.8, 4) is 0 Å². The van der Waals surface area contributed by atoms with Crippen molar-refractivity contribution in [1.29, 1.82) is 0 Å². The van der Waals surface area contributed by atoms with E-state index >= 15 is 0 Å². The highest BCUT2D eigenvalue weighted by atomic mass is 32.1. The van der Waals surface area contributed by atoms with Gasteiger partial charge in [0, 0.05) is 12.4 Å². The van der Waals surface area contributed by atoms with E-state index in [1.807, 2.05) is 24.3 Å². The number of aryl methyl sites for hydroxylation is 1. The Labute approximate surface area is 172 Å². The number of pyridine rings is 1. The Hall–Kier alpha value is -3.12. The van der Waals surface area contributed by atoms with Crippen LogP contribution < -0.4 is 4.90 Å². The van der Waals surface area contributed by atoms with Crippen LogP contribution in [0.1, 0.15) is 23.6 Å². The monoisotopic (exact) mass is 405 g/mol. The molecule has 0 bridgehead atoms. The molecular formula is C23H20FN3OS. The van der Waals surface area contributed by atoms with Gasteiger partial charge in [0.1, 0.15) is 5.82 Å². The van der Waals surface area contributed by atoms with Crippen molar-refractivity contribution in [3.63, 3.8) is 0 Å². The summed E-state index contributed by atoms with van der Waals surface area (Å²) in [6.45, 7) is 2.51. The third-order valence-electron chi connectivity index (χ3n) is 4.76. The summed E-state index contributed by atoms with van der Waals surface area (Å²) in [7, 11) is 0. The van der Waals surface area contributed by atoms with E-state index in [-0.39, 0.29) is 18.1 Å². The molecule has 2 heterocycles. The number of aromatic nitrogens is 2. The molecule has 0 atom stereocenters. The smallest absolute Gasteiger partial charge is 0.233 e. The van der Waals surface area contributed by atoms with Gasteiger partial charge in [0.2, 0.25) is 5.91 Å². The zero-order valence-electron chi connectivity index (χ0n) is 16.0. The van der Waals surface area contributed by atoms with Crippen molar-refractivity contribution in [2.75, 3.05) is 4.90 Å². The minimum absolute atomic E-state index is 0.0782. The number of anilines is 1. The first-order chi connectivity index (χ1) is 14.1. The Morgan fingerprint density at radius 1 is 1.03 bits per heavy atom. The van der Waals surface area contributed by atoms with E-state index in [4.69, 9.17) is 4.98 Å². The molecule has 0 aliphatic heterocycles. The van der Waals surface area contributed by atoms with E-state index in [1.165, 1.54) is 29.0 Å². The number of halogens is 1. The van der Waals surface area contributed by atoms with Crippen LogP contribution >= 0.6 is 11.3 Å². The number of carbonyl (C=O) groups is 1. The lowest BCUT2D eigenvalue weighted by Gasteiger charge is -2.20. The molecule has 0 saturated carbocycles. The van der Waals surface area contributed by atoms with Crippen LogP contribution in [0.25, 0.3) is 10.2 Å². The Balaban J connectivity index is 1.69. The summed E-state index contributed by atoms with van der Waals surface area (Å²) in [5.41, 5.74) is 3.86. The van der Waals surface area contributed by atoms with Gasteiger partial charge in [-0.1, -0.05) is 42.5 Å². The SMILES string of the molecule is CCc1cccc2sc(N(Cc3ccncc3)C(=O)Cc3ccc(F)cc3)nc12. The summed E-state index contributed by atoms with van der Waals surface area (Å²) in [4.78, 5) is 23.8. The van der Waals surface area contributed by atoms with Gasteiger partial charge in [-0.05, 0) is 53.4 Å². The lowest BCUT2D eigenvalue weighted by molar-refractivity contribution is -0.118. The predicted molar refractivity (Wildman–Crippen MR) is 115 cm³/mol. The number of nitrogens with zero attached hydrogens (tertiary/aromatic N) is 3. The van der Waals surface area contributed by atoms with E-state index in [0.717, 1.165) is 27.8 Å². The molecule has 146 valence electrons. The normalized spacial score (nSPS) is 11.0. The fourth-order valence-electron chi connectivity index (χ4n) is 3.20. The Morgan fingerprint density at radius 3 is 2.52 bits per heavy atom. The molecule has 4 rings (SSSR count). The Bertz CT molecular complexity index is 1130. The van der Waals surface area contributed by atoms with E-state index in [1.54, 1.807) is 29.4 Å². The molecule has 2 aromatic carbocycles. The van der Waals surface area contributed by atoms with Crippen LogP contribution in [0.2, 0.25) is 0 Å². The van der Waals surface area contributed by atoms with Crippen LogP contribution in [0.5, 0.6) is 0 Å². The molecule has 2 aromatic heterocycles. The molecule has 0 fully saturated rings. The lowest BCUT2D eigenvalue weighted by atomic mass is 10.1. The molecule has 4 aromatic rings. The topological polar surface area (TPSA) is 46.1 Å². The molecule has 0 saturated heterocycles. The number of thiazole rings is 1. The quantitative estimate of drug-likeness (QED) is 0.445. The zero-order chi connectivity index (χ0) is 20.2.